The second-order valence-corrected chi connectivity index (χ2v) is 9.94. The van der Waals surface area contributed by atoms with E-state index in [1.165, 1.54) is 7.11 Å². The van der Waals surface area contributed by atoms with Gasteiger partial charge in [-0.1, -0.05) is 12.1 Å². The van der Waals surface area contributed by atoms with Crippen LogP contribution in [0.25, 0.3) is 0 Å². The summed E-state index contributed by atoms with van der Waals surface area (Å²) in [6, 6.07) is 7.45. The number of carbonyl (C=O) groups excluding carboxylic acids is 3. The molecule has 0 spiro atoms. The van der Waals surface area contributed by atoms with E-state index in [1.807, 2.05) is 6.07 Å². The van der Waals surface area contributed by atoms with E-state index < -0.39 is 29.9 Å². The molecule has 0 radical (unpaired) electrons. The number of nitrogens with one attached hydrogen (secondary N) is 3. The van der Waals surface area contributed by atoms with Crippen molar-refractivity contribution < 1.29 is 34.1 Å². The number of amides is 3. The molecule has 0 saturated carbocycles. The first-order chi connectivity index (χ1) is 16.4. The molecule has 3 amide bonds. The lowest BCUT2D eigenvalue weighted by Gasteiger charge is -2.25. The molecule has 1 aromatic heterocycles. The number of phenolic OH excluding ortho intramolecular Hbond substituents is 1. The topological polar surface area (TPSA) is 146 Å². The normalized spacial score (nSPS) is 13.0. The zero-order chi connectivity index (χ0) is 26.2. The van der Waals surface area contributed by atoms with Crippen LogP contribution in [0.5, 0.6) is 5.75 Å². The predicted octanol–water partition coefficient (Wildman–Crippen LogP) is 2.32. The number of benzene rings is 1. The average Bonchev–Trinajstić information content (AvgIpc) is 3.16. The van der Waals surface area contributed by atoms with Crippen molar-refractivity contribution in [1.29, 1.82) is 0 Å². The molecule has 35 heavy (non-hydrogen) atoms. The summed E-state index contributed by atoms with van der Waals surface area (Å²) >= 11 is 1.02. The fourth-order valence-corrected chi connectivity index (χ4v) is 4.06. The van der Waals surface area contributed by atoms with Crippen molar-refractivity contribution in [3.63, 3.8) is 0 Å². The highest BCUT2D eigenvalue weighted by molar-refractivity contribution is 7.16. The van der Waals surface area contributed by atoms with Gasteiger partial charge in [0.2, 0.25) is 0 Å². The Bertz CT molecular complexity index is 1030. The first-order valence-electron chi connectivity index (χ1n) is 11.0. The van der Waals surface area contributed by atoms with Gasteiger partial charge in [0.25, 0.3) is 11.8 Å². The molecule has 2 atom stereocenters. The smallest absolute Gasteiger partial charge is 0.407 e. The lowest BCUT2D eigenvalue weighted by Crippen LogP contribution is -2.51. The van der Waals surface area contributed by atoms with Gasteiger partial charge in [-0.05, 0) is 63.4 Å². The van der Waals surface area contributed by atoms with Crippen molar-refractivity contribution in [1.82, 2.24) is 16.0 Å². The summed E-state index contributed by atoms with van der Waals surface area (Å²) in [6.07, 6.45) is -1.54. The Morgan fingerprint density at radius 1 is 1.11 bits per heavy atom. The molecule has 1 aromatic carbocycles. The van der Waals surface area contributed by atoms with Crippen LogP contribution in [0.3, 0.4) is 0 Å². The Morgan fingerprint density at radius 2 is 1.83 bits per heavy atom. The van der Waals surface area contributed by atoms with E-state index in [4.69, 9.17) is 9.47 Å². The van der Waals surface area contributed by atoms with E-state index in [0.29, 0.717) is 28.3 Å². The first kappa shape index (κ1) is 28.1. The Balaban J connectivity index is 1.97. The minimum Gasteiger partial charge on any atom is -0.508 e. The number of phenols is 1. The van der Waals surface area contributed by atoms with Gasteiger partial charge in [0.1, 0.15) is 11.4 Å². The zero-order valence-electron chi connectivity index (χ0n) is 20.5. The van der Waals surface area contributed by atoms with Crippen LogP contribution in [0.2, 0.25) is 0 Å². The van der Waals surface area contributed by atoms with Crippen LogP contribution in [0.4, 0.5) is 4.79 Å². The van der Waals surface area contributed by atoms with Crippen LogP contribution in [0.15, 0.2) is 30.3 Å². The van der Waals surface area contributed by atoms with E-state index in [0.717, 1.165) is 16.9 Å². The zero-order valence-corrected chi connectivity index (χ0v) is 21.3. The summed E-state index contributed by atoms with van der Waals surface area (Å²) in [5.74, 6) is -0.674. The highest BCUT2D eigenvalue weighted by Gasteiger charge is 2.26. The molecule has 10 nitrogen and oxygen atoms in total. The van der Waals surface area contributed by atoms with Gasteiger partial charge in [-0.25, -0.2) is 4.79 Å². The molecule has 0 bridgehead atoms. The molecule has 0 aliphatic heterocycles. The molecule has 0 saturated heterocycles. The van der Waals surface area contributed by atoms with Crippen LogP contribution >= 0.6 is 11.3 Å². The maximum atomic E-state index is 12.9. The minimum absolute atomic E-state index is 0.136. The number of ether oxygens (including phenoxy) is 2. The van der Waals surface area contributed by atoms with Gasteiger partial charge in [-0.2, -0.15) is 0 Å². The van der Waals surface area contributed by atoms with Crippen molar-refractivity contribution in [2.75, 3.05) is 20.2 Å². The first-order valence-corrected chi connectivity index (χ1v) is 11.9. The Labute approximate surface area is 208 Å². The number of aliphatic hydroxyl groups is 1. The second kappa shape index (κ2) is 12.5. The molecule has 0 aliphatic rings. The predicted molar refractivity (Wildman–Crippen MR) is 132 cm³/mol. The number of alkyl carbamates (subject to hydrolysis) is 1. The molecular weight excluding hydrogens is 474 g/mol. The Kier molecular flexibility index (Phi) is 10.1. The number of hydrogen-bond donors (Lipinski definition) is 5. The average molecular weight is 508 g/mol. The van der Waals surface area contributed by atoms with Gasteiger partial charge in [-0.3, -0.25) is 9.59 Å². The molecule has 2 unspecified atom stereocenters. The van der Waals surface area contributed by atoms with Gasteiger partial charge >= 0.3 is 6.09 Å². The van der Waals surface area contributed by atoms with Gasteiger partial charge in [0, 0.05) is 20.2 Å². The van der Waals surface area contributed by atoms with Gasteiger partial charge in [-0.15, -0.1) is 11.3 Å². The number of rotatable bonds is 10. The molecule has 192 valence electrons. The van der Waals surface area contributed by atoms with Crippen LogP contribution < -0.4 is 16.0 Å². The van der Waals surface area contributed by atoms with E-state index in [-0.39, 0.29) is 18.2 Å². The lowest BCUT2D eigenvalue weighted by molar-refractivity contribution is -0.0941. The number of aliphatic hydroxyl groups excluding tert-OH is 1. The summed E-state index contributed by atoms with van der Waals surface area (Å²) in [7, 11) is 1.27. The summed E-state index contributed by atoms with van der Waals surface area (Å²) in [5.41, 5.74) is 0.781. The van der Waals surface area contributed by atoms with Crippen molar-refractivity contribution in [3.05, 3.63) is 51.2 Å². The van der Waals surface area contributed by atoms with Gasteiger partial charge < -0.3 is 35.6 Å². The van der Waals surface area contributed by atoms with E-state index in [1.54, 1.807) is 52.0 Å². The molecule has 0 fully saturated rings. The standard InChI is InChI=1S/C24H33N3O7S/c1-14-11-18(20(29)25-10-9-15-7-6-8-16(28)12-15)35-19(14)21(30)27-17(22(31)33-5)13-26-23(32)34-24(2,3)4/h6-8,11-12,17,22,28,31H,9-10,13H2,1-5H3,(H,25,29)(H,26,32)(H,27,30). The van der Waals surface area contributed by atoms with Crippen LogP contribution in [-0.4, -0.2) is 66.3 Å². The maximum absolute atomic E-state index is 12.9. The maximum Gasteiger partial charge on any atom is 0.407 e. The minimum atomic E-state index is -1.38. The monoisotopic (exact) mass is 507 g/mol. The number of carbonyl (C=O) groups is 3. The third-order valence-electron chi connectivity index (χ3n) is 4.72. The van der Waals surface area contributed by atoms with Gasteiger partial charge in [0.15, 0.2) is 6.29 Å². The van der Waals surface area contributed by atoms with E-state index >= 15 is 0 Å². The second-order valence-electron chi connectivity index (χ2n) is 8.89. The van der Waals surface area contributed by atoms with Crippen LogP contribution in [0, 0.1) is 6.92 Å². The highest BCUT2D eigenvalue weighted by atomic mass is 32.1. The molecule has 0 aliphatic carbocycles. The third-order valence-corrected chi connectivity index (χ3v) is 5.96. The van der Waals surface area contributed by atoms with E-state index in [2.05, 4.69) is 16.0 Å². The summed E-state index contributed by atoms with van der Waals surface area (Å²) in [6.45, 7) is 7.08. The van der Waals surface area contributed by atoms with Crippen molar-refractivity contribution in [3.8, 4) is 5.75 Å². The SMILES string of the molecule is COC(O)C(CNC(=O)OC(C)(C)C)NC(=O)c1sc(C(=O)NCCc2cccc(O)c2)cc1C. The molecule has 2 rings (SSSR count). The number of thiophene rings is 1. The van der Waals surface area contributed by atoms with Crippen molar-refractivity contribution in [2.24, 2.45) is 0 Å². The summed E-state index contributed by atoms with van der Waals surface area (Å²) < 4.78 is 10.1. The molecule has 11 heteroatoms. The molecule has 1 heterocycles. The largest absolute Gasteiger partial charge is 0.508 e. The lowest BCUT2D eigenvalue weighted by atomic mass is 10.1. The number of aryl methyl sites for hydroxylation is 1. The Morgan fingerprint density at radius 3 is 2.46 bits per heavy atom. The number of hydrogen-bond acceptors (Lipinski definition) is 8. The number of aromatic hydroxyl groups is 1. The van der Waals surface area contributed by atoms with Crippen molar-refractivity contribution >= 4 is 29.2 Å². The quantitative estimate of drug-likeness (QED) is 0.310. The Hall–Kier alpha value is -3.15. The van der Waals surface area contributed by atoms with Gasteiger partial charge in [0.05, 0.1) is 15.8 Å². The molecule has 5 N–H and O–H groups in total. The summed E-state index contributed by atoms with van der Waals surface area (Å²) in [4.78, 5) is 38.0. The summed E-state index contributed by atoms with van der Waals surface area (Å²) in [5, 5.41) is 27.6. The highest BCUT2D eigenvalue weighted by Crippen LogP contribution is 2.22. The van der Waals surface area contributed by atoms with Crippen molar-refractivity contribution in [2.45, 2.75) is 52.0 Å². The molecular formula is C24H33N3O7S. The fourth-order valence-electron chi connectivity index (χ4n) is 3.07. The van der Waals surface area contributed by atoms with Crippen LogP contribution in [0.1, 0.15) is 51.2 Å². The molecule has 2 aromatic rings. The number of methoxy groups -OCH3 is 1. The third kappa shape index (κ3) is 9.19. The van der Waals surface area contributed by atoms with E-state index in [9.17, 15) is 24.6 Å². The fraction of sp³-hybridized carbons (Fsp3) is 0.458. The van der Waals surface area contributed by atoms with Crippen LogP contribution in [-0.2, 0) is 15.9 Å².